The molecule has 1 aromatic heterocycles. The molecule has 1 atom stereocenters. The zero-order valence-corrected chi connectivity index (χ0v) is 13.3. The Labute approximate surface area is 139 Å². The molecule has 5 heteroatoms. The van der Waals surface area contributed by atoms with Crippen molar-refractivity contribution in [1.29, 1.82) is 0 Å². The van der Waals surface area contributed by atoms with E-state index in [1.54, 1.807) is 4.90 Å². The van der Waals surface area contributed by atoms with Crippen LogP contribution in [0.25, 0.3) is 11.5 Å². The van der Waals surface area contributed by atoms with Gasteiger partial charge in [-0.05, 0) is 31.2 Å². The van der Waals surface area contributed by atoms with Crippen LogP contribution in [0.1, 0.15) is 23.7 Å². The first-order valence-corrected chi connectivity index (χ1v) is 7.97. The molecule has 0 unspecified atom stereocenters. The number of benzene rings is 2. The first-order valence-electron chi connectivity index (χ1n) is 7.97. The zero-order valence-electron chi connectivity index (χ0n) is 13.3. The van der Waals surface area contributed by atoms with E-state index in [9.17, 15) is 4.79 Å². The summed E-state index contributed by atoms with van der Waals surface area (Å²) in [5.74, 6) is 1.14. The molecule has 1 aliphatic heterocycles. The van der Waals surface area contributed by atoms with Crippen molar-refractivity contribution >= 4 is 11.6 Å². The minimum Gasteiger partial charge on any atom is -0.334 e. The molecule has 0 saturated carbocycles. The lowest BCUT2D eigenvalue weighted by atomic mass is 10.1. The average Bonchev–Trinajstić information content (AvgIpc) is 3.23. The number of hydrogen-bond acceptors (Lipinski definition) is 4. The number of nitrogens with zero attached hydrogens (tertiary/aromatic N) is 3. The molecule has 2 heterocycles. The van der Waals surface area contributed by atoms with Gasteiger partial charge in [-0.2, -0.15) is 4.98 Å². The molecule has 5 nitrogen and oxygen atoms in total. The fraction of sp³-hybridized carbons (Fsp3) is 0.211. The molecule has 3 aromatic rings. The smallest absolute Gasteiger partial charge is 0.257 e. The number of anilines is 1. The molecule has 1 amide bonds. The zero-order chi connectivity index (χ0) is 16.5. The predicted molar refractivity (Wildman–Crippen MR) is 90.6 cm³/mol. The number of hydrogen-bond donors (Lipinski definition) is 0. The van der Waals surface area contributed by atoms with E-state index in [4.69, 9.17) is 4.52 Å². The van der Waals surface area contributed by atoms with E-state index in [2.05, 4.69) is 10.1 Å². The van der Waals surface area contributed by atoms with Crippen LogP contribution in [0.2, 0.25) is 0 Å². The molecule has 1 fully saturated rings. The standard InChI is InChI=1S/C19H17N3O2/c1-13-7-9-14(10-8-13)19-20-18(21-24-19)15-11-17(23)22(12-15)16-5-3-2-4-6-16/h2-10,15H,11-12H2,1H3/t15-/m1/s1. The number of carbonyl (C=O) groups excluding carboxylic acids is 1. The van der Waals surface area contributed by atoms with Crippen LogP contribution in [0.5, 0.6) is 0 Å². The van der Waals surface area contributed by atoms with Gasteiger partial charge in [-0.1, -0.05) is 41.1 Å². The quantitative estimate of drug-likeness (QED) is 0.740. The summed E-state index contributed by atoms with van der Waals surface area (Å²) < 4.78 is 5.39. The number of rotatable bonds is 3. The Hall–Kier alpha value is -2.95. The van der Waals surface area contributed by atoms with Gasteiger partial charge < -0.3 is 9.42 Å². The number of carbonyl (C=O) groups is 1. The summed E-state index contributed by atoms with van der Waals surface area (Å²) >= 11 is 0. The van der Waals surface area contributed by atoms with Crippen molar-refractivity contribution in [2.75, 3.05) is 11.4 Å². The van der Waals surface area contributed by atoms with Crippen LogP contribution in [0, 0.1) is 6.92 Å². The van der Waals surface area contributed by atoms with Crippen LogP contribution in [-0.2, 0) is 4.79 Å². The number of aryl methyl sites for hydroxylation is 1. The van der Waals surface area contributed by atoms with Crippen molar-refractivity contribution in [3.05, 3.63) is 66.0 Å². The normalized spacial score (nSPS) is 17.5. The first-order chi connectivity index (χ1) is 11.7. The van der Waals surface area contributed by atoms with Gasteiger partial charge in [0, 0.05) is 30.1 Å². The summed E-state index contributed by atoms with van der Waals surface area (Å²) in [6.45, 7) is 2.61. The summed E-state index contributed by atoms with van der Waals surface area (Å²) in [7, 11) is 0. The van der Waals surface area contributed by atoms with Gasteiger partial charge >= 0.3 is 0 Å². The summed E-state index contributed by atoms with van der Waals surface area (Å²) in [6, 6.07) is 17.6. The summed E-state index contributed by atoms with van der Waals surface area (Å²) in [5.41, 5.74) is 2.98. The second-order valence-electron chi connectivity index (χ2n) is 6.06. The molecule has 0 aliphatic carbocycles. The van der Waals surface area contributed by atoms with Gasteiger partial charge in [-0.25, -0.2) is 0 Å². The topological polar surface area (TPSA) is 59.2 Å². The maximum Gasteiger partial charge on any atom is 0.257 e. The fourth-order valence-electron chi connectivity index (χ4n) is 2.95. The maximum atomic E-state index is 12.3. The largest absolute Gasteiger partial charge is 0.334 e. The van der Waals surface area contributed by atoms with Crippen molar-refractivity contribution in [2.45, 2.75) is 19.3 Å². The van der Waals surface area contributed by atoms with E-state index in [0.29, 0.717) is 24.7 Å². The van der Waals surface area contributed by atoms with Gasteiger partial charge in [0.2, 0.25) is 5.91 Å². The van der Waals surface area contributed by atoms with E-state index in [0.717, 1.165) is 11.3 Å². The molecule has 0 spiro atoms. The van der Waals surface area contributed by atoms with E-state index in [1.807, 2.05) is 61.5 Å². The molecule has 2 aromatic carbocycles. The minimum absolute atomic E-state index is 0.0411. The fourth-order valence-corrected chi connectivity index (χ4v) is 2.95. The highest BCUT2D eigenvalue weighted by Crippen LogP contribution is 2.31. The average molecular weight is 319 g/mol. The molecule has 1 saturated heterocycles. The summed E-state index contributed by atoms with van der Waals surface area (Å²) in [4.78, 5) is 18.6. The Morgan fingerprint density at radius 3 is 2.58 bits per heavy atom. The highest BCUT2D eigenvalue weighted by molar-refractivity contribution is 5.96. The molecule has 4 rings (SSSR count). The van der Waals surface area contributed by atoms with Crippen LogP contribution < -0.4 is 4.90 Å². The maximum absolute atomic E-state index is 12.3. The second-order valence-corrected chi connectivity index (χ2v) is 6.06. The Kier molecular flexibility index (Phi) is 3.61. The van der Waals surface area contributed by atoms with E-state index < -0.39 is 0 Å². The third kappa shape index (κ3) is 2.69. The van der Waals surface area contributed by atoms with Gasteiger partial charge in [0.05, 0.1) is 0 Å². The molecule has 0 N–H and O–H groups in total. The van der Waals surface area contributed by atoms with Crippen molar-refractivity contribution in [3.63, 3.8) is 0 Å². The predicted octanol–water partition coefficient (Wildman–Crippen LogP) is 3.57. The molecule has 0 bridgehead atoms. The lowest BCUT2D eigenvalue weighted by Gasteiger charge is -2.15. The molecule has 120 valence electrons. The lowest BCUT2D eigenvalue weighted by molar-refractivity contribution is -0.117. The third-order valence-electron chi connectivity index (χ3n) is 4.30. The summed E-state index contributed by atoms with van der Waals surface area (Å²) in [6.07, 6.45) is 0.405. The van der Waals surface area contributed by atoms with Crippen molar-refractivity contribution in [2.24, 2.45) is 0 Å². The van der Waals surface area contributed by atoms with Crippen LogP contribution >= 0.6 is 0 Å². The monoisotopic (exact) mass is 319 g/mol. The van der Waals surface area contributed by atoms with Crippen LogP contribution in [0.15, 0.2) is 59.1 Å². The van der Waals surface area contributed by atoms with E-state index in [1.165, 1.54) is 5.56 Å². The molecule has 24 heavy (non-hydrogen) atoms. The molecule has 1 aliphatic rings. The Balaban J connectivity index is 1.55. The van der Waals surface area contributed by atoms with Gasteiger partial charge in [0.25, 0.3) is 5.89 Å². The summed E-state index contributed by atoms with van der Waals surface area (Å²) in [5, 5.41) is 4.09. The van der Waals surface area contributed by atoms with Crippen molar-refractivity contribution in [3.8, 4) is 11.5 Å². The van der Waals surface area contributed by atoms with Gasteiger partial charge in [0.15, 0.2) is 5.82 Å². The van der Waals surface area contributed by atoms with Gasteiger partial charge in [-0.3, -0.25) is 4.79 Å². The third-order valence-corrected chi connectivity index (χ3v) is 4.30. The Bertz CT molecular complexity index is 856. The molecule has 0 radical (unpaired) electrons. The molecular weight excluding hydrogens is 302 g/mol. The van der Waals surface area contributed by atoms with Crippen molar-refractivity contribution in [1.82, 2.24) is 10.1 Å². The minimum atomic E-state index is -0.0411. The Morgan fingerprint density at radius 1 is 1.08 bits per heavy atom. The van der Waals surface area contributed by atoms with E-state index in [-0.39, 0.29) is 11.8 Å². The highest BCUT2D eigenvalue weighted by Gasteiger charge is 2.34. The van der Waals surface area contributed by atoms with Crippen LogP contribution in [0.4, 0.5) is 5.69 Å². The van der Waals surface area contributed by atoms with Gasteiger partial charge in [0.1, 0.15) is 0 Å². The Morgan fingerprint density at radius 2 is 1.83 bits per heavy atom. The number of para-hydroxylation sites is 1. The van der Waals surface area contributed by atoms with Crippen molar-refractivity contribution < 1.29 is 9.32 Å². The SMILES string of the molecule is Cc1ccc(-c2nc([C@@H]3CC(=O)N(c4ccccc4)C3)no2)cc1. The van der Waals surface area contributed by atoms with Gasteiger partial charge in [-0.15, -0.1) is 0 Å². The molecular formula is C19H17N3O2. The first kappa shape index (κ1) is 14.6. The number of amides is 1. The second kappa shape index (κ2) is 5.92. The number of aromatic nitrogens is 2. The van der Waals surface area contributed by atoms with Crippen LogP contribution in [0.3, 0.4) is 0 Å². The van der Waals surface area contributed by atoms with E-state index >= 15 is 0 Å². The highest BCUT2D eigenvalue weighted by atomic mass is 16.5. The lowest BCUT2D eigenvalue weighted by Crippen LogP contribution is -2.24. The van der Waals surface area contributed by atoms with Crippen LogP contribution in [-0.4, -0.2) is 22.6 Å².